The van der Waals surface area contributed by atoms with Crippen molar-refractivity contribution in [2.24, 2.45) is 11.5 Å². The number of carboxylic acids is 2. The predicted molar refractivity (Wildman–Crippen MR) is 161 cm³/mol. The second-order valence-corrected chi connectivity index (χ2v) is 10.4. The van der Waals surface area contributed by atoms with Gasteiger partial charge in [0.15, 0.2) is 5.79 Å². The molecule has 1 heterocycles. The highest BCUT2D eigenvalue weighted by Crippen LogP contribution is 2.38. The van der Waals surface area contributed by atoms with Crippen LogP contribution in [0.3, 0.4) is 0 Å². The van der Waals surface area contributed by atoms with Gasteiger partial charge in [0.1, 0.15) is 18.4 Å². The lowest BCUT2D eigenvalue weighted by atomic mass is 9.89. The molecule has 6 N–H and O–H groups in total. The van der Waals surface area contributed by atoms with E-state index in [1.54, 1.807) is 6.92 Å². The van der Waals surface area contributed by atoms with Crippen LogP contribution in [0.5, 0.6) is 5.75 Å². The summed E-state index contributed by atoms with van der Waals surface area (Å²) in [6.07, 6.45) is 7.00. The van der Waals surface area contributed by atoms with Gasteiger partial charge in [0.05, 0.1) is 25.6 Å². The van der Waals surface area contributed by atoms with Gasteiger partial charge in [-0.05, 0) is 73.2 Å². The topological polar surface area (TPSA) is 154 Å². The number of allylic oxidation sites excluding steroid dienone is 1. The predicted octanol–water partition coefficient (Wildman–Crippen LogP) is 4.68. The number of nitrogens with two attached hydrogens (primary N) is 2. The van der Waals surface area contributed by atoms with Gasteiger partial charge < -0.3 is 35.9 Å². The molecule has 0 saturated carbocycles. The molecule has 0 unspecified atom stereocenters. The van der Waals surface area contributed by atoms with Gasteiger partial charge in [0.2, 0.25) is 0 Å². The number of carboxylic acid groups (broad SMARTS) is 2. The zero-order valence-electron chi connectivity index (χ0n) is 24.2. The van der Waals surface area contributed by atoms with Gasteiger partial charge in [-0.3, -0.25) is 9.59 Å². The van der Waals surface area contributed by atoms with E-state index in [4.69, 9.17) is 35.9 Å². The van der Waals surface area contributed by atoms with E-state index in [1.807, 2.05) is 24.3 Å². The second kappa shape index (κ2) is 16.7. The third-order valence-electron chi connectivity index (χ3n) is 7.22. The Kier molecular flexibility index (Phi) is 13.0. The molecule has 2 aromatic carbocycles. The first-order valence-electron chi connectivity index (χ1n) is 14.4. The van der Waals surface area contributed by atoms with Crippen molar-refractivity contribution in [2.75, 3.05) is 19.8 Å². The van der Waals surface area contributed by atoms with Crippen molar-refractivity contribution in [2.45, 2.75) is 76.2 Å². The molecule has 9 heteroatoms. The van der Waals surface area contributed by atoms with Gasteiger partial charge in [0, 0.05) is 12.8 Å². The summed E-state index contributed by atoms with van der Waals surface area (Å²) in [5, 5.41) is 17.4. The van der Waals surface area contributed by atoms with Crippen LogP contribution in [0.25, 0.3) is 5.57 Å². The highest BCUT2D eigenvalue weighted by molar-refractivity contribution is 5.73. The number of hydrogen-bond donors (Lipinski definition) is 4. The number of hydrogen-bond acceptors (Lipinski definition) is 7. The van der Waals surface area contributed by atoms with Crippen molar-refractivity contribution in [3.8, 4) is 17.6 Å². The molecular formula is C33H42N2O7. The Labute approximate surface area is 247 Å². The maximum Gasteiger partial charge on any atom is 0.320 e. The molecule has 0 radical (unpaired) electrons. The van der Waals surface area contributed by atoms with Gasteiger partial charge in [0.25, 0.3) is 0 Å². The summed E-state index contributed by atoms with van der Waals surface area (Å²) < 4.78 is 17.6. The fourth-order valence-corrected chi connectivity index (χ4v) is 4.89. The molecule has 0 amide bonds. The van der Waals surface area contributed by atoms with Crippen molar-refractivity contribution >= 4 is 17.5 Å². The van der Waals surface area contributed by atoms with E-state index in [2.05, 4.69) is 42.2 Å². The fourth-order valence-electron chi connectivity index (χ4n) is 4.89. The first-order chi connectivity index (χ1) is 20.2. The zero-order chi connectivity index (χ0) is 30.4. The van der Waals surface area contributed by atoms with Crippen LogP contribution >= 0.6 is 0 Å². The summed E-state index contributed by atoms with van der Waals surface area (Å²) >= 11 is 0. The van der Waals surface area contributed by atoms with Crippen molar-refractivity contribution in [3.63, 3.8) is 0 Å². The Hall–Kier alpha value is -3.68. The number of aliphatic carboxylic acids is 2. The molecule has 0 bridgehead atoms. The Morgan fingerprint density at radius 3 is 2.43 bits per heavy atom. The molecule has 42 heavy (non-hydrogen) atoms. The standard InChI is InChI=1S/C27H28O5.C6H14N2O2/c1-2-4-23(18-26(28)29)21-7-9-25(10-8-21)30-19-20-5-3-6-24(17-20)22-11-13-27(14-12-22)31-15-16-32-27;7-4-2-1-3-5(8)6(9)10/h3,5-11,17,23H,12-16,18-19H2,1H3,(H,28,29);5H,1-4,7-8H2,(H,9,10)/t23-;5-/m10/s1. The monoisotopic (exact) mass is 578 g/mol. The summed E-state index contributed by atoms with van der Waals surface area (Å²) in [5.41, 5.74) is 14.9. The zero-order valence-corrected chi connectivity index (χ0v) is 24.2. The number of rotatable bonds is 12. The normalized spacial score (nSPS) is 16.7. The first-order valence-corrected chi connectivity index (χ1v) is 14.4. The third kappa shape index (κ3) is 10.3. The highest BCUT2D eigenvalue weighted by atomic mass is 16.7. The van der Waals surface area contributed by atoms with Gasteiger partial charge >= 0.3 is 11.9 Å². The Balaban J connectivity index is 0.000000416. The fraction of sp³-hybridized carbons (Fsp3) is 0.455. The molecule has 2 aliphatic rings. The number of ether oxygens (including phenoxy) is 3. The quantitative estimate of drug-likeness (QED) is 0.207. The van der Waals surface area contributed by atoms with Crippen LogP contribution in [0.1, 0.15) is 74.5 Å². The summed E-state index contributed by atoms with van der Waals surface area (Å²) in [6.45, 7) is 4.15. The molecule has 9 nitrogen and oxygen atoms in total. The Morgan fingerprint density at radius 2 is 1.83 bits per heavy atom. The summed E-state index contributed by atoms with van der Waals surface area (Å²) in [7, 11) is 0. The molecule has 1 aliphatic heterocycles. The van der Waals surface area contributed by atoms with Gasteiger partial charge in [-0.1, -0.05) is 48.7 Å². The van der Waals surface area contributed by atoms with E-state index in [1.165, 1.54) is 11.1 Å². The van der Waals surface area contributed by atoms with Gasteiger partial charge in [-0.2, -0.15) is 0 Å². The molecule has 1 spiro atoms. The first kappa shape index (κ1) is 32.8. The van der Waals surface area contributed by atoms with Crippen LogP contribution in [0.4, 0.5) is 0 Å². The van der Waals surface area contributed by atoms with E-state index in [0.29, 0.717) is 32.8 Å². The molecule has 2 atom stereocenters. The lowest BCUT2D eigenvalue weighted by Gasteiger charge is -2.30. The van der Waals surface area contributed by atoms with Crippen molar-refractivity contribution < 1.29 is 34.0 Å². The largest absolute Gasteiger partial charge is 0.489 e. The molecule has 1 saturated heterocycles. The van der Waals surface area contributed by atoms with E-state index in [9.17, 15) is 9.59 Å². The minimum atomic E-state index is -0.933. The molecular weight excluding hydrogens is 536 g/mol. The summed E-state index contributed by atoms with van der Waals surface area (Å²) in [6, 6.07) is 15.2. The molecule has 2 aromatic rings. The molecule has 226 valence electrons. The van der Waals surface area contributed by atoms with E-state index < -0.39 is 23.8 Å². The van der Waals surface area contributed by atoms with Crippen molar-refractivity contribution in [1.29, 1.82) is 0 Å². The smallest absolute Gasteiger partial charge is 0.320 e. The summed E-state index contributed by atoms with van der Waals surface area (Å²) in [5.74, 6) is 4.02. The van der Waals surface area contributed by atoms with Crippen LogP contribution in [0, 0.1) is 11.8 Å². The van der Waals surface area contributed by atoms with Gasteiger partial charge in [-0.15, -0.1) is 5.92 Å². The molecule has 0 aromatic heterocycles. The van der Waals surface area contributed by atoms with Crippen molar-refractivity contribution in [1.82, 2.24) is 0 Å². The SMILES string of the molecule is CC#C[C@H](CC(=O)O)c1ccc(OCc2cccc(C3=CCC4(CC3)OCCO4)c2)cc1.NCCCC[C@H](N)C(=O)O. The molecule has 1 fully saturated rings. The third-order valence-corrected chi connectivity index (χ3v) is 7.22. The van der Waals surface area contributed by atoms with E-state index in [-0.39, 0.29) is 12.3 Å². The lowest BCUT2D eigenvalue weighted by molar-refractivity contribution is -0.159. The number of unbranched alkanes of at least 4 members (excludes halogenated alkanes) is 1. The Morgan fingerprint density at radius 1 is 1.10 bits per heavy atom. The molecule has 4 rings (SSSR count). The average molecular weight is 579 g/mol. The van der Waals surface area contributed by atoms with Crippen molar-refractivity contribution in [3.05, 3.63) is 71.3 Å². The van der Waals surface area contributed by atoms with Crippen LogP contribution in [-0.2, 0) is 25.7 Å². The lowest BCUT2D eigenvalue weighted by Crippen LogP contribution is -2.31. The van der Waals surface area contributed by atoms with Crippen LogP contribution in [0.15, 0.2) is 54.6 Å². The second-order valence-electron chi connectivity index (χ2n) is 10.4. The van der Waals surface area contributed by atoms with Gasteiger partial charge in [-0.25, -0.2) is 0 Å². The molecule has 1 aliphatic carbocycles. The average Bonchev–Trinajstić information content (AvgIpc) is 3.44. The maximum absolute atomic E-state index is 11.1. The minimum Gasteiger partial charge on any atom is -0.489 e. The Bertz CT molecular complexity index is 1260. The summed E-state index contributed by atoms with van der Waals surface area (Å²) in [4.78, 5) is 21.2. The highest BCUT2D eigenvalue weighted by Gasteiger charge is 2.37. The van der Waals surface area contributed by atoms with Crippen LogP contribution in [-0.4, -0.2) is 53.7 Å². The number of carbonyl (C=O) groups is 2. The van der Waals surface area contributed by atoms with Crippen LogP contribution in [0.2, 0.25) is 0 Å². The maximum atomic E-state index is 11.1. The number of benzene rings is 2. The van der Waals surface area contributed by atoms with Crippen LogP contribution < -0.4 is 16.2 Å². The van der Waals surface area contributed by atoms with E-state index >= 15 is 0 Å². The van der Waals surface area contributed by atoms with E-state index in [0.717, 1.165) is 49.0 Å². The minimum absolute atomic E-state index is 0.0109.